The number of nitrogens with zero attached hydrogens (tertiary/aromatic N) is 4. The Morgan fingerprint density at radius 3 is 2.65 bits per heavy atom. The first-order chi connectivity index (χ1) is 12.7. The summed E-state index contributed by atoms with van der Waals surface area (Å²) < 4.78 is 1.17. The van der Waals surface area contributed by atoms with Crippen molar-refractivity contribution in [2.45, 2.75) is 18.9 Å². The molecule has 0 bridgehead atoms. The highest BCUT2D eigenvalue weighted by Gasteiger charge is 2.26. The molecule has 1 saturated carbocycles. The molecule has 0 aromatic carbocycles. The van der Waals surface area contributed by atoms with Crippen LogP contribution < -0.4 is 16.0 Å². The topological polar surface area (TPSA) is 125 Å². The van der Waals surface area contributed by atoms with Gasteiger partial charge in [0.25, 0.3) is 0 Å². The SMILES string of the molecule is CNC1CC(C#N)C1.CNc1c(-c2cnn(C=O)c2)ccnc1NC=O. The Morgan fingerprint density at radius 1 is 1.35 bits per heavy atom. The lowest BCUT2D eigenvalue weighted by molar-refractivity contribution is -0.105. The fraction of sp³-hybridized carbons (Fsp3) is 0.353. The van der Waals surface area contributed by atoms with Gasteiger partial charge in [0.2, 0.25) is 12.8 Å². The molecule has 1 fully saturated rings. The lowest BCUT2D eigenvalue weighted by Crippen LogP contribution is -2.38. The van der Waals surface area contributed by atoms with Crippen LogP contribution in [0, 0.1) is 17.2 Å². The van der Waals surface area contributed by atoms with Gasteiger partial charge in [-0.15, -0.1) is 0 Å². The molecule has 0 aliphatic heterocycles. The van der Waals surface area contributed by atoms with Gasteiger partial charge in [-0.05, 0) is 26.0 Å². The van der Waals surface area contributed by atoms with E-state index in [4.69, 9.17) is 5.26 Å². The van der Waals surface area contributed by atoms with Gasteiger partial charge in [0.05, 0.1) is 18.0 Å². The van der Waals surface area contributed by atoms with E-state index < -0.39 is 0 Å². The monoisotopic (exact) mass is 355 g/mol. The second-order valence-electron chi connectivity index (χ2n) is 5.69. The Kier molecular flexibility index (Phi) is 6.82. The molecule has 0 unspecified atom stereocenters. The third kappa shape index (κ3) is 4.43. The summed E-state index contributed by atoms with van der Waals surface area (Å²) in [6, 6.07) is 4.62. The van der Waals surface area contributed by atoms with Crippen molar-refractivity contribution in [2.75, 3.05) is 24.7 Å². The minimum absolute atomic E-state index is 0.340. The number of amides is 1. The minimum Gasteiger partial charge on any atom is -0.385 e. The van der Waals surface area contributed by atoms with Crippen molar-refractivity contribution in [3.8, 4) is 17.2 Å². The molecule has 3 N–H and O–H groups in total. The molecular weight excluding hydrogens is 334 g/mol. The minimum atomic E-state index is 0.340. The molecule has 9 heteroatoms. The number of nitriles is 1. The standard InChI is InChI=1S/C11H11N5O2.C6H10N2/c1-12-10-9(2-3-13-11(10)14-6-17)8-4-15-16(5-8)7-18;1-8-6-2-5(3-6)4-7/h2-7,12H,1H3,(H,13,14,17);5-6,8H,2-3H2,1H3. The first kappa shape index (κ1) is 19.1. The van der Waals surface area contributed by atoms with Gasteiger partial charge in [-0.3, -0.25) is 9.59 Å². The number of carbonyl (C=O) groups is 2. The fourth-order valence-corrected chi connectivity index (χ4v) is 2.61. The number of anilines is 2. The zero-order valence-electron chi connectivity index (χ0n) is 14.6. The van der Waals surface area contributed by atoms with Gasteiger partial charge < -0.3 is 16.0 Å². The van der Waals surface area contributed by atoms with Crippen LogP contribution in [0.15, 0.2) is 24.7 Å². The Morgan fingerprint density at radius 2 is 2.12 bits per heavy atom. The van der Waals surface area contributed by atoms with E-state index in [9.17, 15) is 9.59 Å². The first-order valence-electron chi connectivity index (χ1n) is 8.10. The lowest BCUT2D eigenvalue weighted by Gasteiger charge is -2.29. The van der Waals surface area contributed by atoms with Crippen molar-refractivity contribution in [2.24, 2.45) is 5.92 Å². The van der Waals surface area contributed by atoms with Crippen LogP contribution in [-0.4, -0.2) is 47.7 Å². The third-order valence-electron chi connectivity index (χ3n) is 4.15. The molecule has 2 heterocycles. The smallest absolute Gasteiger partial charge is 0.234 e. The molecule has 9 nitrogen and oxygen atoms in total. The summed E-state index contributed by atoms with van der Waals surface area (Å²) in [6.45, 7) is 0. The van der Waals surface area contributed by atoms with Crippen LogP contribution in [0.1, 0.15) is 12.8 Å². The molecule has 26 heavy (non-hydrogen) atoms. The van der Waals surface area contributed by atoms with E-state index in [0.29, 0.717) is 36.3 Å². The number of hydrogen-bond acceptors (Lipinski definition) is 7. The van der Waals surface area contributed by atoms with Crippen LogP contribution in [0.5, 0.6) is 0 Å². The van der Waals surface area contributed by atoms with Crippen molar-refractivity contribution < 1.29 is 9.59 Å². The van der Waals surface area contributed by atoms with E-state index >= 15 is 0 Å². The molecule has 0 spiro atoms. The number of hydrogen-bond donors (Lipinski definition) is 3. The summed E-state index contributed by atoms with van der Waals surface area (Å²) in [5.74, 6) is 0.760. The normalized spacial score (nSPS) is 17.7. The van der Waals surface area contributed by atoms with Crippen LogP contribution >= 0.6 is 0 Å². The van der Waals surface area contributed by atoms with Gasteiger partial charge in [0.1, 0.15) is 0 Å². The van der Waals surface area contributed by atoms with Crippen LogP contribution in [0.25, 0.3) is 11.1 Å². The van der Waals surface area contributed by atoms with E-state index in [1.807, 2.05) is 7.05 Å². The molecule has 0 atom stereocenters. The molecule has 3 rings (SSSR count). The zero-order chi connectivity index (χ0) is 18.9. The van der Waals surface area contributed by atoms with Crippen LogP contribution in [0.4, 0.5) is 11.5 Å². The van der Waals surface area contributed by atoms with Crippen molar-refractivity contribution in [3.63, 3.8) is 0 Å². The van der Waals surface area contributed by atoms with Gasteiger partial charge in [-0.25, -0.2) is 9.67 Å². The van der Waals surface area contributed by atoms with Crippen LogP contribution in [0.3, 0.4) is 0 Å². The largest absolute Gasteiger partial charge is 0.385 e. The van der Waals surface area contributed by atoms with Crippen molar-refractivity contribution >= 4 is 24.3 Å². The highest BCUT2D eigenvalue weighted by molar-refractivity contribution is 5.88. The van der Waals surface area contributed by atoms with E-state index in [2.05, 4.69) is 32.1 Å². The van der Waals surface area contributed by atoms with Crippen molar-refractivity contribution in [1.29, 1.82) is 5.26 Å². The second-order valence-corrected chi connectivity index (χ2v) is 5.69. The van der Waals surface area contributed by atoms with Gasteiger partial charge in [-0.2, -0.15) is 10.4 Å². The number of pyridine rings is 1. The van der Waals surface area contributed by atoms with E-state index in [1.165, 1.54) is 4.68 Å². The Hall–Kier alpha value is -3.25. The number of nitrogens with one attached hydrogen (secondary N) is 3. The van der Waals surface area contributed by atoms with E-state index in [1.54, 1.807) is 31.7 Å². The number of rotatable bonds is 6. The van der Waals surface area contributed by atoms with Gasteiger partial charge in [-0.1, -0.05) is 0 Å². The predicted octanol–water partition coefficient (Wildman–Crippen LogP) is 1.10. The third-order valence-corrected chi connectivity index (χ3v) is 4.15. The summed E-state index contributed by atoms with van der Waals surface area (Å²) >= 11 is 0. The maximum absolute atomic E-state index is 10.6. The highest BCUT2D eigenvalue weighted by Crippen LogP contribution is 2.31. The highest BCUT2D eigenvalue weighted by atomic mass is 16.1. The fourth-order valence-electron chi connectivity index (χ4n) is 2.61. The molecule has 1 aliphatic carbocycles. The van der Waals surface area contributed by atoms with Gasteiger partial charge in [0, 0.05) is 42.5 Å². The Bertz CT molecular complexity index is 791. The average molecular weight is 355 g/mol. The molecule has 1 aliphatic rings. The van der Waals surface area contributed by atoms with Gasteiger partial charge >= 0.3 is 0 Å². The maximum Gasteiger partial charge on any atom is 0.234 e. The zero-order valence-corrected chi connectivity index (χ0v) is 14.6. The summed E-state index contributed by atoms with van der Waals surface area (Å²) in [6.07, 6.45) is 7.99. The summed E-state index contributed by atoms with van der Waals surface area (Å²) in [5, 5.41) is 20.8. The summed E-state index contributed by atoms with van der Waals surface area (Å²) in [5.41, 5.74) is 2.21. The van der Waals surface area contributed by atoms with Crippen LogP contribution in [0.2, 0.25) is 0 Å². The Balaban J connectivity index is 0.000000254. The van der Waals surface area contributed by atoms with Gasteiger partial charge in [0.15, 0.2) is 5.82 Å². The van der Waals surface area contributed by atoms with Crippen molar-refractivity contribution in [3.05, 3.63) is 24.7 Å². The predicted molar refractivity (Wildman–Crippen MR) is 98.0 cm³/mol. The van der Waals surface area contributed by atoms with E-state index in [-0.39, 0.29) is 0 Å². The second kappa shape index (κ2) is 9.29. The molecule has 0 saturated heterocycles. The first-order valence-corrected chi connectivity index (χ1v) is 8.10. The van der Waals surface area contributed by atoms with Crippen molar-refractivity contribution in [1.82, 2.24) is 20.1 Å². The molecule has 2 aromatic rings. The van der Waals surface area contributed by atoms with Crippen LogP contribution in [-0.2, 0) is 9.59 Å². The molecule has 2 aromatic heterocycles. The molecule has 0 radical (unpaired) electrons. The lowest BCUT2D eigenvalue weighted by atomic mass is 9.82. The van der Waals surface area contributed by atoms with E-state index in [0.717, 1.165) is 24.0 Å². The summed E-state index contributed by atoms with van der Waals surface area (Å²) in [4.78, 5) is 25.1. The number of carbonyl (C=O) groups excluding carboxylic acids is 2. The number of aromatic nitrogens is 3. The molecule has 136 valence electrons. The Labute approximate surface area is 151 Å². The molecular formula is C17H21N7O2. The summed E-state index contributed by atoms with van der Waals surface area (Å²) in [7, 11) is 3.67. The quantitative estimate of drug-likeness (QED) is 0.663. The maximum atomic E-state index is 10.6. The molecule has 1 amide bonds. The average Bonchev–Trinajstić information content (AvgIpc) is 3.11.